The zero-order valence-electron chi connectivity index (χ0n) is 17.5. The predicted molar refractivity (Wildman–Crippen MR) is 119 cm³/mol. The van der Waals surface area contributed by atoms with E-state index in [4.69, 9.17) is 21.1 Å². The monoisotopic (exact) mass is 481 g/mol. The van der Waals surface area contributed by atoms with Crippen LogP contribution in [0.2, 0.25) is 5.02 Å². The highest BCUT2D eigenvalue weighted by Crippen LogP contribution is 2.28. The molecule has 0 unspecified atom stereocenters. The molecule has 0 aliphatic carbocycles. The van der Waals surface area contributed by atoms with Crippen LogP contribution < -0.4 is 9.46 Å². The second-order valence-corrected chi connectivity index (χ2v) is 9.01. The van der Waals surface area contributed by atoms with Crippen molar-refractivity contribution in [1.29, 1.82) is 0 Å². The van der Waals surface area contributed by atoms with Gasteiger partial charge in [-0.05, 0) is 37.3 Å². The summed E-state index contributed by atoms with van der Waals surface area (Å²) in [5.41, 5.74) is 0.428. The van der Waals surface area contributed by atoms with E-state index in [9.17, 15) is 18.0 Å². The lowest BCUT2D eigenvalue weighted by Gasteiger charge is -2.34. The fraction of sp³-hybridized carbons (Fsp3) is 0.333. The first-order valence-electron chi connectivity index (χ1n) is 10.00. The number of sulfonamides is 1. The first-order valence-corrected chi connectivity index (χ1v) is 11.9. The normalized spacial score (nSPS) is 14.1. The van der Waals surface area contributed by atoms with Crippen LogP contribution in [0, 0.1) is 0 Å². The van der Waals surface area contributed by atoms with Gasteiger partial charge in [-0.15, -0.1) is 0 Å². The van der Waals surface area contributed by atoms with Crippen LogP contribution in [-0.4, -0.2) is 69.6 Å². The van der Waals surface area contributed by atoms with Crippen molar-refractivity contribution in [3.8, 4) is 5.75 Å². The Hall–Kier alpha value is -2.98. The Bertz CT molecular complexity index is 1060. The van der Waals surface area contributed by atoms with Gasteiger partial charge in [-0.3, -0.25) is 9.52 Å². The van der Waals surface area contributed by atoms with E-state index in [1.165, 1.54) is 18.2 Å². The highest BCUT2D eigenvalue weighted by molar-refractivity contribution is 7.92. The van der Waals surface area contributed by atoms with Gasteiger partial charge in [0.15, 0.2) is 6.61 Å². The summed E-state index contributed by atoms with van der Waals surface area (Å²) in [6, 6.07) is 12.5. The van der Waals surface area contributed by atoms with Gasteiger partial charge in [0.25, 0.3) is 15.9 Å². The summed E-state index contributed by atoms with van der Waals surface area (Å²) in [5, 5.41) is 0.0702. The molecule has 2 aromatic rings. The van der Waals surface area contributed by atoms with Crippen LogP contribution in [0.3, 0.4) is 0 Å². The van der Waals surface area contributed by atoms with Crippen molar-refractivity contribution in [2.45, 2.75) is 11.8 Å². The maximum Gasteiger partial charge on any atom is 0.409 e. The molecule has 0 radical (unpaired) electrons. The standard InChI is InChI=1S/C21H24ClN3O6S/c1-2-30-21(27)25-12-10-24(11-13-25)20(26)15-31-19-9-8-17(14-18(19)22)32(28,29)23-16-6-4-3-5-7-16/h3-9,14,23H,2,10-13,15H2,1H3. The third-order valence-electron chi connectivity index (χ3n) is 4.75. The number of ether oxygens (including phenoxy) is 2. The predicted octanol–water partition coefficient (Wildman–Crippen LogP) is 2.82. The van der Waals surface area contributed by atoms with Crippen LogP contribution in [0.5, 0.6) is 5.75 Å². The SMILES string of the molecule is CCOC(=O)N1CCN(C(=O)COc2ccc(S(=O)(=O)Nc3ccccc3)cc2Cl)CC1. The lowest BCUT2D eigenvalue weighted by Crippen LogP contribution is -2.51. The Morgan fingerprint density at radius 1 is 1.03 bits per heavy atom. The van der Waals surface area contributed by atoms with Gasteiger partial charge in [0.2, 0.25) is 0 Å². The molecule has 0 saturated carbocycles. The number of carbonyl (C=O) groups is 2. The number of benzene rings is 2. The van der Waals surface area contributed by atoms with E-state index >= 15 is 0 Å². The summed E-state index contributed by atoms with van der Waals surface area (Å²) < 4.78 is 38.0. The van der Waals surface area contributed by atoms with Crippen LogP contribution in [0.15, 0.2) is 53.4 Å². The molecule has 2 aromatic carbocycles. The lowest BCUT2D eigenvalue weighted by atomic mass is 10.3. The van der Waals surface area contributed by atoms with Crippen molar-refractivity contribution in [2.75, 3.05) is 44.1 Å². The topological polar surface area (TPSA) is 105 Å². The molecule has 0 aromatic heterocycles. The smallest absolute Gasteiger partial charge is 0.409 e. The second-order valence-electron chi connectivity index (χ2n) is 6.92. The van der Waals surface area contributed by atoms with Crippen LogP contribution in [0.25, 0.3) is 0 Å². The molecule has 11 heteroatoms. The molecule has 3 rings (SSSR count). The molecular formula is C21H24ClN3O6S. The third-order valence-corrected chi connectivity index (χ3v) is 6.42. The number of hydrogen-bond donors (Lipinski definition) is 1. The fourth-order valence-electron chi connectivity index (χ4n) is 3.07. The average molecular weight is 482 g/mol. The zero-order chi connectivity index (χ0) is 23.1. The van der Waals surface area contributed by atoms with Crippen molar-refractivity contribution < 1.29 is 27.5 Å². The van der Waals surface area contributed by atoms with E-state index in [0.717, 1.165) is 0 Å². The molecule has 1 N–H and O–H groups in total. The number of para-hydroxylation sites is 1. The van der Waals surface area contributed by atoms with E-state index in [1.54, 1.807) is 47.1 Å². The number of anilines is 1. The van der Waals surface area contributed by atoms with Crippen molar-refractivity contribution >= 4 is 39.3 Å². The quantitative estimate of drug-likeness (QED) is 0.652. The molecule has 0 atom stereocenters. The summed E-state index contributed by atoms with van der Waals surface area (Å²) >= 11 is 6.19. The minimum atomic E-state index is -3.83. The maximum atomic E-state index is 12.5. The Kier molecular flexibility index (Phi) is 7.81. The van der Waals surface area contributed by atoms with Crippen molar-refractivity contribution in [3.63, 3.8) is 0 Å². The Morgan fingerprint density at radius 2 is 1.69 bits per heavy atom. The molecular weight excluding hydrogens is 458 g/mol. The van der Waals surface area contributed by atoms with Gasteiger partial charge in [0, 0.05) is 31.9 Å². The van der Waals surface area contributed by atoms with E-state index in [2.05, 4.69) is 4.72 Å². The number of nitrogens with zero attached hydrogens (tertiary/aromatic N) is 2. The van der Waals surface area contributed by atoms with E-state index in [1.807, 2.05) is 0 Å². The van der Waals surface area contributed by atoms with Crippen LogP contribution in [0.1, 0.15) is 6.92 Å². The van der Waals surface area contributed by atoms with Crippen LogP contribution in [-0.2, 0) is 19.6 Å². The largest absolute Gasteiger partial charge is 0.482 e. The fourth-order valence-corrected chi connectivity index (χ4v) is 4.45. The van der Waals surface area contributed by atoms with Crippen LogP contribution >= 0.6 is 11.6 Å². The number of nitrogens with one attached hydrogen (secondary N) is 1. The number of hydrogen-bond acceptors (Lipinski definition) is 6. The molecule has 32 heavy (non-hydrogen) atoms. The number of halogens is 1. The highest BCUT2D eigenvalue weighted by atomic mass is 35.5. The van der Waals surface area contributed by atoms with Crippen LogP contribution in [0.4, 0.5) is 10.5 Å². The molecule has 0 bridgehead atoms. The molecule has 1 heterocycles. The Labute approximate surface area is 191 Å². The third kappa shape index (κ3) is 6.04. The van der Waals surface area contributed by atoms with Gasteiger partial charge >= 0.3 is 6.09 Å². The minimum absolute atomic E-state index is 0.0277. The Morgan fingerprint density at radius 3 is 2.31 bits per heavy atom. The van der Waals surface area contributed by atoms with Gasteiger partial charge < -0.3 is 19.3 Å². The van der Waals surface area contributed by atoms with Gasteiger partial charge in [0.05, 0.1) is 16.5 Å². The molecule has 1 fully saturated rings. The molecule has 2 amide bonds. The van der Waals surface area contributed by atoms with Gasteiger partial charge in [-0.2, -0.15) is 0 Å². The van der Waals surface area contributed by atoms with Gasteiger partial charge in [0.1, 0.15) is 5.75 Å². The summed E-state index contributed by atoms with van der Waals surface area (Å²) in [5.74, 6) is -0.0594. The Balaban J connectivity index is 1.55. The van der Waals surface area contributed by atoms with Crippen molar-refractivity contribution in [2.24, 2.45) is 0 Å². The molecule has 1 aliphatic rings. The number of carbonyl (C=O) groups excluding carboxylic acids is 2. The molecule has 1 aliphatic heterocycles. The zero-order valence-corrected chi connectivity index (χ0v) is 19.1. The lowest BCUT2D eigenvalue weighted by molar-refractivity contribution is -0.134. The average Bonchev–Trinajstić information content (AvgIpc) is 2.78. The van der Waals surface area contributed by atoms with Crippen molar-refractivity contribution in [1.82, 2.24) is 9.80 Å². The highest BCUT2D eigenvalue weighted by Gasteiger charge is 2.25. The number of rotatable bonds is 7. The second kappa shape index (κ2) is 10.6. The maximum absolute atomic E-state index is 12.5. The first kappa shape index (κ1) is 23.7. The molecule has 0 spiro atoms. The number of piperazine rings is 1. The molecule has 9 nitrogen and oxygen atoms in total. The van der Waals surface area contributed by atoms with E-state index < -0.39 is 10.0 Å². The van der Waals surface area contributed by atoms with Crippen molar-refractivity contribution in [3.05, 3.63) is 53.6 Å². The minimum Gasteiger partial charge on any atom is -0.482 e. The summed E-state index contributed by atoms with van der Waals surface area (Å²) in [6.07, 6.45) is -0.389. The summed E-state index contributed by atoms with van der Waals surface area (Å²) in [6.45, 7) is 3.29. The van der Waals surface area contributed by atoms with Gasteiger partial charge in [-0.1, -0.05) is 29.8 Å². The van der Waals surface area contributed by atoms with Gasteiger partial charge in [-0.25, -0.2) is 13.2 Å². The number of amides is 2. The first-order chi connectivity index (χ1) is 15.3. The summed E-state index contributed by atoms with van der Waals surface area (Å²) in [7, 11) is -3.83. The molecule has 172 valence electrons. The van der Waals surface area contributed by atoms with E-state index in [-0.39, 0.29) is 34.3 Å². The van der Waals surface area contributed by atoms with E-state index in [0.29, 0.717) is 38.5 Å². The molecule has 1 saturated heterocycles. The summed E-state index contributed by atoms with van der Waals surface area (Å²) in [4.78, 5) is 27.3.